The second-order valence-electron chi connectivity index (χ2n) is 28.0. The summed E-state index contributed by atoms with van der Waals surface area (Å²) in [6.45, 7) is 4.10. The van der Waals surface area contributed by atoms with E-state index in [1.165, 1.54) is 167 Å². The molecule has 0 aliphatic rings. The number of phosphoric ester groups is 1. The Hall–Kier alpha value is -4.63. The minimum atomic E-state index is -4.66. The highest BCUT2D eigenvalue weighted by Gasteiger charge is 2.22. The average Bonchev–Trinajstić information content (AvgIpc) is 1.07. The van der Waals surface area contributed by atoms with E-state index in [4.69, 9.17) is 18.5 Å². The Balaban J connectivity index is 4.06. The number of nitrogens with zero attached hydrogens (tertiary/aromatic N) is 1. The smallest absolute Gasteiger partial charge is 0.306 e. The molecule has 0 bridgehead atoms. The van der Waals surface area contributed by atoms with Crippen LogP contribution in [0.2, 0.25) is 0 Å². The second kappa shape index (κ2) is 78.5. The standard InChI is InChI=1S/C90H152NO8P/c1-6-8-10-12-14-16-18-20-22-24-26-28-30-32-34-36-38-40-42-44-45-47-49-51-53-55-57-59-61-63-65-67-69-71-73-75-77-79-81-83-90(93)99-88(87-98-100(94,95)97-85-84-91(3,4)5)86-96-89(92)82-80-78-76-74-72-70-68-66-64-62-60-58-56-54-52-50-48-46-43-41-39-37-35-33-31-29-27-25-23-21-19-17-15-13-11-9-7-2/h8,10,14,16,19-22,25-28,31-34,38,40,44-45,49,51,55,57,61,63,67,69,88H,6-7,9,11-13,15,17-18,23-24,29-30,35-37,39,41-43,46-48,50,52-54,56,58-60,62,64-66,68,70-87H2,1-5H3/b10-8-,16-14-,21-19-,22-20-,27-25-,28-26-,33-31-,34-32-,40-38-,45-44-,51-49-,57-55-,63-61-,69-67-. The number of hydrogen-bond donors (Lipinski definition) is 0. The van der Waals surface area contributed by atoms with Crippen molar-refractivity contribution >= 4 is 19.8 Å². The van der Waals surface area contributed by atoms with Crippen LogP contribution in [0, 0.1) is 0 Å². The third-order valence-corrected chi connectivity index (χ3v) is 18.2. The van der Waals surface area contributed by atoms with Gasteiger partial charge < -0.3 is 27.9 Å². The van der Waals surface area contributed by atoms with Crippen LogP contribution < -0.4 is 4.89 Å². The lowest BCUT2D eigenvalue weighted by Crippen LogP contribution is -2.37. The highest BCUT2D eigenvalue weighted by Crippen LogP contribution is 2.38. The molecule has 0 aromatic carbocycles. The van der Waals surface area contributed by atoms with Crippen LogP contribution in [0.5, 0.6) is 0 Å². The average molecular weight is 1410 g/mol. The summed E-state index contributed by atoms with van der Waals surface area (Å²) in [5.41, 5.74) is 0. The molecular weight excluding hydrogens is 1250 g/mol. The first-order valence-corrected chi connectivity index (χ1v) is 42.3. The molecule has 0 amide bonds. The fourth-order valence-corrected chi connectivity index (χ4v) is 11.8. The molecule has 10 heteroatoms. The molecule has 2 atom stereocenters. The number of likely N-dealkylation sites (N-methyl/N-ethyl adjacent to an activating group) is 1. The van der Waals surface area contributed by atoms with Gasteiger partial charge in [-0.05, 0) is 135 Å². The molecule has 2 unspecified atom stereocenters. The fourth-order valence-electron chi connectivity index (χ4n) is 11.0. The third-order valence-electron chi connectivity index (χ3n) is 17.2. The summed E-state index contributed by atoms with van der Waals surface area (Å²) in [6, 6.07) is 0. The Morgan fingerprint density at radius 1 is 0.320 bits per heavy atom. The highest BCUT2D eigenvalue weighted by molar-refractivity contribution is 7.45. The van der Waals surface area contributed by atoms with Crippen LogP contribution in [0.1, 0.15) is 335 Å². The number of esters is 2. The molecule has 100 heavy (non-hydrogen) atoms. The first-order valence-electron chi connectivity index (χ1n) is 40.8. The van der Waals surface area contributed by atoms with Crippen molar-refractivity contribution in [2.45, 2.75) is 341 Å². The zero-order chi connectivity index (χ0) is 72.5. The van der Waals surface area contributed by atoms with Crippen molar-refractivity contribution in [1.29, 1.82) is 0 Å². The summed E-state index contributed by atoms with van der Waals surface area (Å²) in [5.74, 6) is -0.855. The van der Waals surface area contributed by atoms with Gasteiger partial charge in [-0.1, -0.05) is 357 Å². The third kappa shape index (κ3) is 82.3. The van der Waals surface area contributed by atoms with E-state index in [0.29, 0.717) is 17.4 Å². The molecule has 0 N–H and O–H groups in total. The molecule has 0 aliphatic heterocycles. The molecule has 9 nitrogen and oxygen atoms in total. The predicted molar refractivity (Wildman–Crippen MR) is 433 cm³/mol. The minimum absolute atomic E-state index is 0.0419. The van der Waals surface area contributed by atoms with Crippen LogP contribution in [0.15, 0.2) is 170 Å². The summed E-state index contributed by atoms with van der Waals surface area (Å²) in [7, 11) is 1.14. The van der Waals surface area contributed by atoms with E-state index in [0.717, 1.165) is 135 Å². The number of phosphoric acid groups is 1. The Bertz CT molecular complexity index is 2300. The summed E-state index contributed by atoms with van der Waals surface area (Å²) < 4.78 is 34.4. The molecule has 0 aliphatic carbocycles. The van der Waals surface area contributed by atoms with Crippen molar-refractivity contribution in [3.63, 3.8) is 0 Å². The second-order valence-corrected chi connectivity index (χ2v) is 29.5. The SMILES string of the molecule is CC/C=C\C/C=C\C/C=C\C/C=C\C/C=C\C/C=C\C/C=C\C/C=C\C/C=C\C/C=C\C/C=C\CCCCCCCC(=O)OC(COC(=O)CCCCCCCCCCCCCCCCCCCCCCCC/C=C\C/C=C\C/C=C\CCCCCCC)COP(=O)([O-])OCC[N+](C)(C)C. The van der Waals surface area contributed by atoms with Gasteiger partial charge in [0.05, 0.1) is 27.7 Å². The lowest BCUT2D eigenvalue weighted by molar-refractivity contribution is -0.870. The molecular formula is C90H152NO8P. The Labute approximate surface area is 617 Å². The quantitative estimate of drug-likeness (QED) is 0.0195. The van der Waals surface area contributed by atoms with Gasteiger partial charge >= 0.3 is 11.9 Å². The van der Waals surface area contributed by atoms with Gasteiger partial charge in [0.1, 0.15) is 19.8 Å². The summed E-state index contributed by atoms with van der Waals surface area (Å²) in [5, 5.41) is 0. The van der Waals surface area contributed by atoms with E-state index in [-0.39, 0.29) is 32.0 Å². The van der Waals surface area contributed by atoms with Crippen molar-refractivity contribution in [3.05, 3.63) is 170 Å². The largest absolute Gasteiger partial charge is 0.756 e. The maximum Gasteiger partial charge on any atom is 0.306 e. The molecule has 0 rings (SSSR count). The van der Waals surface area contributed by atoms with Gasteiger partial charge in [-0.15, -0.1) is 0 Å². The van der Waals surface area contributed by atoms with Gasteiger partial charge in [0, 0.05) is 12.8 Å². The van der Waals surface area contributed by atoms with Crippen LogP contribution in [-0.2, 0) is 32.7 Å². The van der Waals surface area contributed by atoms with Crippen molar-refractivity contribution < 1.29 is 42.1 Å². The molecule has 0 spiro atoms. The number of carbonyl (C=O) groups is 2. The van der Waals surface area contributed by atoms with E-state index in [2.05, 4.69) is 184 Å². The Morgan fingerprint density at radius 2 is 0.570 bits per heavy atom. The summed E-state index contributed by atoms with van der Waals surface area (Å²) in [4.78, 5) is 38.2. The maximum absolute atomic E-state index is 12.9. The number of unbranched alkanes of at least 4 members (excludes halogenated alkanes) is 32. The first kappa shape index (κ1) is 95.4. The first-order chi connectivity index (χ1) is 49.0. The number of carbonyl (C=O) groups excluding carboxylic acids is 2. The lowest BCUT2D eigenvalue weighted by Gasteiger charge is -2.28. The highest BCUT2D eigenvalue weighted by atomic mass is 31.2. The predicted octanol–water partition coefficient (Wildman–Crippen LogP) is 27.0. The minimum Gasteiger partial charge on any atom is -0.756 e. The number of quaternary nitrogens is 1. The molecule has 0 aromatic rings. The summed E-state index contributed by atoms with van der Waals surface area (Å²) in [6.07, 6.45) is 119. The number of ether oxygens (including phenoxy) is 2. The van der Waals surface area contributed by atoms with Gasteiger partial charge in [0.15, 0.2) is 6.10 Å². The van der Waals surface area contributed by atoms with E-state index in [1.54, 1.807) is 0 Å². The lowest BCUT2D eigenvalue weighted by atomic mass is 10.0. The monoisotopic (exact) mass is 1410 g/mol. The van der Waals surface area contributed by atoms with E-state index < -0.39 is 26.5 Å². The molecule has 0 heterocycles. The molecule has 0 fully saturated rings. The van der Waals surface area contributed by atoms with Crippen LogP contribution in [-0.4, -0.2) is 70.0 Å². The maximum atomic E-state index is 12.9. The van der Waals surface area contributed by atoms with Gasteiger partial charge in [-0.2, -0.15) is 0 Å². The number of hydrogen-bond acceptors (Lipinski definition) is 8. The molecule has 0 radical (unpaired) electrons. The van der Waals surface area contributed by atoms with Crippen LogP contribution in [0.25, 0.3) is 0 Å². The fraction of sp³-hybridized carbons (Fsp3) is 0.667. The normalized spacial score (nSPS) is 13.9. The number of allylic oxidation sites excluding steroid dienone is 28. The number of rotatable bonds is 74. The van der Waals surface area contributed by atoms with Gasteiger partial charge in [0.25, 0.3) is 7.82 Å². The van der Waals surface area contributed by atoms with Crippen LogP contribution >= 0.6 is 7.82 Å². The van der Waals surface area contributed by atoms with Crippen molar-refractivity contribution in [2.75, 3.05) is 47.5 Å². The molecule has 0 aromatic heterocycles. The van der Waals surface area contributed by atoms with Gasteiger partial charge in [-0.25, -0.2) is 0 Å². The summed E-state index contributed by atoms with van der Waals surface area (Å²) >= 11 is 0. The molecule has 0 saturated carbocycles. The van der Waals surface area contributed by atoms with Crippen LogP contribution in [0.4, 0.5) is 0 Å². The van der Waals surface area contributed by atoms with Crippen molar-refractivity contribution in [3.8, 4) is 0 Å². The van der Waals surface area contributed by atoms with Gasteiger partial charge in [-0.3, -0.25) is 14.2 Å². The topological polar surface area (TPSA) is 111 Å². The van der Waals surface area contributed by atoms with Crippen molar-refractivity contribution in [2.24, 2.45) is 0 Å². The molecule has 570 valence electrons. The Morgan fingerprint density at radius 3 is 0.850 bits per heavy atom. The van der Waals surface area contributed by atoms with Crippen molar-refractivity contribution in [1.82, 2.24) is 0 Å². The van der Waals surface area contributed by atoms with Crippen LogP contribution in [0.3, 0.4) is 0 Å². The Kier molecular flexibility index (Phi) is 74.9. The molecule has 0 saturated heterocycles. The van der Waals surface area contributed by atoms with E-state index >= 15 is 0 Å². The van der Waals surface area contributed by atoms with E-state index in [1.807, 2.05) is 21.1 Å². The van der Waals surface area contributed by atoms with Gasteiger partial charge in [0.2, 0.25) is 0 Å². The van der Waals surface area contributed by atoms with E-state index in [9.17, 15) is 19.0 Å². The zero-order valence-corrected chi connectivity index (χ0v) is 66.0. The zero-order valence-electron chi connectivity index (χ0n) is 65.1.